The Kier molecular flexibility index (Phi) is 5.10. The molecule has 208 valence electrons. The summed E-state index contributed by atoms with van der Waals surface area (Å²) in [5.74, 6) is 0. The third-order valence-corrected chi connectivity index (χ3v) is 8.36. The lowest BCUT2D eigenvalue weighted by Crippen LogP contribution is -2.24. The molecule has 2 aromatic heterocycles. The van der Waals surface area contributed by atoms with Crippen molar-refractivity contribution in [1.29, 1.82) is 0 Å². The van der Waals surface area contributed by atoms with Gasteiger partial charge in [-0.3, -0.25) is 9.59 Å². The summed E-state index contributed by atoms with van der Waals surface area (Å²) in [6.45, 7) is 0. The highest BCUT2D eigenvalue weighted by Gasteiger charge is 2.31. The maximum absolute atomic E-state index is 14.1. The first-order chi connectivity index (χ1) is 21.7. The lowest BCUT2D eigenvalue weighted by molar-refractivity contribution is 0.646. The molecule has 6 heteroatoms. The molecule has 6 aromatic carbocycles. The van der Waals surface area contributed by atoms with Crippen LogP contribution >= 0.6 is 0 Å². The van der Waals surface area contributed by atoms with Gasteiger partial charge in [-0.2, -0.15) is 0 Å². The zero-order valence-corrected chi connectivity index (χ0v) is 23.2. The molecule has 0 fully saturated rings. The summed E-state index contributed by atoms with van der Waals surface area (Å²) in [7, 11) is 0. The molecule has 0 saturated carbocycles. The van der Waals surface area contributed by atoms with Crippen molar-refractivity contribution in [3.63, 3.8) is 0 Å². The van der Waals surface area contributed by atoms with E-state index in [1.165, 1.54) is 0 Å². The number of para-hydroxylation sites is 7. The van der Waals surface area contributed by atoms with Gasteiger partial charge >= 0.3 is 0 Å². The average molecular weight is 571 g/mol. The van der Waals surface area contributed by atoms with Gasteiger partial charge in [0.05, 0.1) is 50.0 Å². The number of hydrogen-bond acceptors (Lipinski definition) is 6. The highest BCUT2D eigenvalue weighted by Crippen LogP contribution is 2.54. The van der Waals surface area contributed by atoms with Crippen LogP contribution in [0.25, 0.3) is 43.9 Å². The van der Waals surface area contributed by atoms with Crippen LogP contribution in [0.1, 0.15) is 0 Å². The zero-order valence-electron chi connectivity index (χ0n) is 23.2. The van der Waals surface area contributed by atoms with Crippen molar-refractivity contribution in [3.8, 4) is 0 Å². The number of anilines is 6. The molecule has 0 N–H and O–H groups in total. The van der Waals surface area contributed by atoms with E-state index in [1.54, 1.807) is 36.4 Å². The quantitative estimate of drug-likeness (QED) is 0.193. The SMILES string of the molecule is O=c1c2ccccc2oc2cc3oc4c(N5c6ccccc6N(c6ccccc6)c6ccccc65)cccc4c(=O)c3cc12. The third kappa shape index (κ3) is 3.42. The second-order valence-corrected chi connectivity index (χ2v) is 10.8. The minimum Gasteiger partial charge on any atom is -0.456 e. The number of fused-ring (bicyclic) bond motifs is 6. The molecule has 0 atom stereocenters. The summed E-state index contributed by atoms with van der Waals surface area (Å²) in [6.07, 6.45) is 0. The van der Waals surface area contributed by atoms with Crippen LogP contribution in [0.4, 0.5) is 34.1 Å². The van der Waals surface area contributed by atoms with E-state index < -0.39 is 0 Å². The number of nitrogens with zero attached hydrogens (tertiary/aromatic N) is 2. The molecular weight excluding hydrogens is 548 g/mol. The lowest BCUT2D eigenvalue weighted by Gasteiger charge is -2.40. The average Bonchev–Trinajstić information content (AvgIpc) is 3.07. The lowest BCUT2D eigenvalue weighted by atomic mass is 10.0. The van der Waals surface area contributed by atoms with Crippen molar-refractivity contribution in [3.05, 3.63) is 154 Å². The Morgan fingerprint density at radius 2 is 0.909 bits per heavy atom. The molecule has 0 spiro atoms. The summed E-state index contributed by atoms with van der Waals surface area (Å²) in [5, 5.41) is 1.58. The van der Waals surface area contributed by atoms with Gasteiger partial charge in [-0.05, 0) is 66.7 Å². The minimum absolute atomic E-state index is 0.179. The molecule has 0 bridgehead atoms. The molecule has 6 nitrogen and oxygen atoms in total. The van der Waals surface area contributed by atoms with E-state index in [9.17, 15) is 9.59 Å². The van der Waals surface area contributed by atoms with E-state index in [-0.39, 0.29) is 10.9 Å². The van der Waals surface area contributed by atoms with Crippen molar-refractivity contribution in [1.82, 2.24) is 0 Å². The molecule has 8 aromatic rings. The van der Waals surface area contributed by atoms with Crippen molar-refractivity contribution in [2.45, 2.75) is 0 Å². The molecule has 9 rings (SSSR count). The van der Waals surface area contributed by atoms with E-state index in [0.717, 1.165) is 34.1 Å². The van der Waals surface area contributed by atoms with Crippen molar-refractivity contribution in [2.75, 3.05) is 9.80 Å². The van der Waals surface area contributed by atoms with Crippen LogP contribution in [0, 0.1) is 0 Å². The van der Waals surface area contributed by atoms with Gasteiger partial charge in [0.2, 0.25) is 10.9 Å². The summed E-state index contributed by atoms with van der Waals surface area (Å²) < 4.78 is 12.7. The Balaban J connectivity index is 1.33. The molecular formula is C38H22N2O4. The van der Waals surface area contributed by atoms with Crippen LogP contribution in [-0.2, 0) is 0 Å². The second kappa shape index (κ2) is 9.18. The number of hydrogen-bond donors (Lipinski definition) is 0. The molecule has 1 aliphatic rings. The summed E-state index contributed by atoms with van der Waals surface area (Å²) in [4.78, 5) is 31.8. The molecule has 0 amide bonds. The van der Waals surface area contributed by atoms with Gasteiger partial charge in [0, 0.05) is 11.8 Å². The predicted octanol–water partition coefficient (Wildman–Crippen LogP) is 9.46. The van der Waals surface area contributed by atoms with E-state index in [4.69, 9.17) is 8.83 Å². The molecule has 0 unspecified atom stereocenters. The second-order valence-electron chi connectivity index (χ2n) is 10.8. The third-order valence-electron chi connectivity index (χ3n) is 8.36. The van der Waals surface area contributed by atoms with Crippen LogP contribution in [0.5, 0.6) is 0 Å². The number of rotatable bonds is 2. The minimum atomic E-state index is -0.206. The molecule has 0 radical (unpaired) electrons. The topological polar surface area (TPSA) is 66.9 Å². The van der Waals surface area contributed by atoms with Gasteiger partial charge in [0.15, 0.2) is 5.58 Å². The summed E-state index contributed by atoms with van der Waals surface area (Å²) >= 11 is 0. The summed E-state index contributed by atoms with van der Waals surface area (Å²) in [5.41, 5.74) is 6.93. The molecule has 0 saturated heterocycles. The maximum Gasteiger partial charge on any atom is 0.200 e. The van der Waals surface area contributed by atoms with Crippen LogP contribution < -0.4 is 20.7 Å². The smallest absolute Gasteiger partial charge is 0.200 e. The maximum atomic E-state index is 14.1. The monoisotopic (exact) mass is 570 g/mol. The van der Waals surface area contributed by atoms with Crippen LogP contribution in [0.3, 0.4) is 0 Å². The normalized spacial score (nSPS) is 12.6. The molecule has 44 heavy (non-hydrogen) atoms. The van der Waals surface area contributed by atoms with Crippen molar-refractivity contribution < 1.29 is 8.83 Å². The van der Waals surface area contributed by atoms with Crippen LogP contribution in [0.2, 0.25) is 0 Å². The van der Waals surface area contributed by atoms with Gasteiger partial charge in [-0.25, -0.2) is 0 Å². The summed E-state index contributed by atoms with van der Waals surface area (Å²) in [6, 6.07) is 42.7. The number of benzene rings is 6. The first-order valence-corrected chi connectivity index (χ1v) is 14.4. The fourth-order valence-corrected chi connectivity index (χ4v) is 6.39. The van der Waals surface area contributed by atoms with Gasteiger partial charge in [0.1, 0.15) is 16.7 Å². The van der Waals surface area contributed by atoms with Gasteiger partial charge < -0.3 is 18.6 Å². The highest BCUT2D eigenvalue weighted by atomic mass is 16.3. The fraction of sp³-hybridized carbons (Fsp3) is 0. The fourth-order valence-electron chi connectivity index (χ4n) is 6.39. The zero-order chi connectivity index (χ0) is 29.4. The van der Waals surface area contributed by atoms with E-state index in [1.807, 2.05) is 60.7 Å². The molecule has 1 aliphatic heterocycles. The standard InChI is InChI=1S/C38H22N2O4/c41-36-24-13-4-9-20-33(24)43-34-22-35-27(21-26(34)36)37(42)25-14-10-19-32(38(25)44-35)40-30-17-7-5-15-28(30)39(23-11-2-1-3-12-23)29-16-6-8-18-31(29)40/h1-22H. The Morgan fingerprint density at radius 1 is 0.386 bits per heavy atom. The van der Waals surface area contributed by atoms with E-state index in [0.29, 0.717) is 43.9 Å². The highest BCUT2D eigenvalue weighted by molar-refractivity contribution is 6.07. The van der Waals surface area contributed by atoms with Gasteiger partial charge in [-0.15, -0.1) is 0 Å². The first-order valence-electron chi connectivity index (χ1n) is 14.4. The van der Waals surface area contributed by atoms with E-state index in [2.05, 4.69) is 46.2 Å². The Morgan fingerprint density at radius 3 is 1.61 bits per heavy atom. The van der Waals surface area contributed by atoms with E-state index >= 15 is 0 Å². The van der Waals surface area contributed by atoms with Crippen molar-refractivity contribution in [2.24, 2.45) is 0 Å². The van der Waals surface area contributed by atoms with Crippen LogP contribution in [-0.4, -0.2) is 0 Å². The first kappa shape index (κ1) is 24.5. The molecule has 3 heterocycles. The Bertz CT molecular complexity index is 2520. The van der Waals surface area contributed by atoms with Crippen LogP contribution in [0.15, 0.2) is 152 Å². The Hall–Kier alpha value is -6.14. The van der Waals surface area contributed by atoms with Crippen molar-refractivity contribution >= 4 is 78.0 Å². The molecule has 0 aliphatic carbocycles. The van der Waals surface area contributed by atoms with Gasteiger partial charge in [-0.1, -0.05) is 60.7 Å². The predicted molar refractivity (Wildman–Crippen MR) is 176 cm³/mol. The van der Waals surface area contributed by atoms with Gasteiger partial charge in [0.25, 0.3) is 0 Å². The largest absolute Gasteiger partial charge is 0.456 e. The Labute approximate surface area is 250 Å².